The molecule has 24 heavy (non-hydrogen) atoms. The molecule has 0 amide bonds. The first-order valence-electron chi connectivity index (χ1n) is 7.31. The molecule has 0 radical (unpaired) electrons. The molecule has 0 atom stereocenters. The fourth-order valence-electron chi connectivity index (χ4n) is 2.43. The molecule has 0 aliphatic carbocycles. The van der Waals surface area contributed by atoms with Crippen molar-refractivity contribution >= 4 is 23.5 Å². The Kier molecular flexibility index (Phi) is 4.13. The number of aromatic nitrogens is 2. The predicted molar refractivity (Wildman–Crippen MR) is 83.6 cm³/mol. The molecule has 1 aromatic carbocycles. The van der Waals surface area contributed by atoms with E-state index in [9.17, 15) is 17.6 Å². The van der Waals surface area contributed by atoms with E-state index in [1.54, 1.807) is 6.20 Å². The van der Waals surface area contributed by atoms with Gasteiger partial charge in [-0.15, -0.1) is 0 Å². The van der Waals surface area contributed by atoms with Crippen molar-refractivity contribution in [3.63, 3.8) is 0 Å². The van der Waals surface area contributed by atoms with Gasteiger partial charge in [0, 0.05) is 30.5 Å². The number of halogens is 4. The second-order valence-corrected chi connectivity index (χ2v) is 5.23. The highest BCUT2D eigenvalue weighted by Crippen LogP contribution is 2.33. The molecule has 0 bridgehead atoms. The van der Waals surface area contributed by atoms with Gasteiger partial charge in [0.1, 0.15) is 11.6 Å². The van der Waals surface area contributed by atoms with E-state index in [1.165, 1.54) is 6.07 Å². The van der Waals surface area contributed by atoms with Gasteiger partial charge in [-0.3, -0.25) is 0 Å². The number of fused-ring (bicyclic) bond motifs is 1. The van der Waals surface area contributed by atoms with E-state index in [0.717, 1.165) is 18.2 Å². The lowest BCUT2D eigenvalue weighted by atomic mass is 10.2. The van der Waals surface area contributed by atoms with Crippen LogP contribution in [0.1, 0.15) is 18.1 Å². The zero-order chi connectivity index (χ0) is 17.3. The maximum absolute atomic E-state index is 13.3. The lowest BCUT2D eigenvalue weighted by molar-refractivity contribution is -0.139. The van der Waals surface area contributed by atoms with E-state index in [-0.39, 0.29) is 11.6 Å². The maximum atomic E-state index is 13.3. The molecule has 0 spiro atoms. The number of nitrogens with one attached hydrogen (secondary N) is 1. The molecular formula is C16H14F4N4. The molecule has 126 valence electrons. The third kappa shape index (κ3) is 3.17. The van der Waals surface area contributed by atoms with Crippen molar-refractivity contribution in [1.82, 2.24) is 9.97 Å². The first kappa shape index (κ1) is 16.2. The summed E-state index contributed by atoms with van der Waals surface area (Å²) in [6.45, 7) is 3.42. The van der Waals surface area contributed by atoms with Crippen molar-refractivity contribution in [1.29, 1.82) is 0 Å². The first-order chi connectivity index (χ1) is 11.4. The fourth-order valence-corrected chi connectivity index (χ4v) is 2.43. The van der Waals surface area contributed by atoms with Crippen LogP contribution in [0.3, 0.4) is 0 Å². The van der Waals surface area contributed by atoms with Gasteiger partial charge in [-0.05, 0) is 25.1 Å². The number of anilines is 3. The fraction of sp³-hybridized carbons (Fsp3) is 0.250. The highest BCUT2D eigenvalue weighted by molar-refractivity contribution is 5.69. The Hall–Kier alpha value is -2.64. The summed E-state index contributed by atoms with van der Waals surface area (Å²) in [5.41, 5.74) is -0.426. The van der Waals surface area contributed by atoms with Gasteiger partial charge in [0.05, 0.1) is 5.56 Å². The van der Waals surface area contributed by atoms with Crippen molar-refractivity contribution in [2.75, 3.05) is 23.3 Å². The van der Waals surface area contributed by atoms with Crippen LogP contribution >= 0.6 is 0 Å². The Morgan fingerprint density at radius 3 is 2.79 bits per heavy atom. The minimum atomic E-state index is -4.76. The van der Waals surface area contributed by atoms with Crippen molar-refractivity contribution in [3.05, 3.63) is 47.4 Å². The van der Waals surface area contributed by atoms with Crippen LogP contribution in [0.4, 0.5) is 35.0 Å². The van der Waals surface area contributed by atoms with Gasteiger partial charge in [-0.25, -0.2) is 9.37 Å². The van der Waals surface area contributed by atoms with E-state index in [4.69, 9.17) is 0 Å². The Labute approximate surface area is 135 Å². The van der Waals surface area contributed by atoms with Crippen molar-refractivity contribution in [3.8, 4) is 0 Å². The van der Waals surface area contributed by atoms with Crippen LogP contribution in [0.15, 0.2) is 30.5 Å². The average Bonchev–Trinajstić information content (AvgIpc) is 2.55. The van der Waals surface area contributed by atoms with Gasteiger partial charge in [0.15, 0.2) is 0 Å². The molecule has 2 heterocycles. The predicted octanol–water partition coefficient (Wildman–Crippen LogP) is 4.23. The van der Waals surface area contributed by atoms with Crippen LogP contribution in [0.25, 0.3) is 6.08 Å². The number of rotatable bonds is 3. The molecule has 1 aromatic heterocycles. The van der Waals surface area contributed by atoms with E-state index in [2.05, 4.69) is 15.3 Å². The van der Waals surface area contributed by atoms with Gasteiger partial charge in [0.2, 0.25) is 5.95 Å². The second-order valence-electron chi connectivity index (χ2n) is 5.23. The number of hydrogen-bond acceptors (Lipinski definition) is 4. The molecule has 0 fully saturated rings. The van der Waals surface area contributed by atoms with E-state index in [1.807, 2.05) is 24.0 Å². The maximum Gasteiger partial charge on any atom is 0.419 e. The summed E-state index contributed by atoms with van der Waals surface area (Å²) >= 11 is 0. The molecule has 0 saturated carbocycles. The molecule has 3 rings (SSSR count). The largest absolute Gasteiger partial charge is 0.419 e. The normalized spacial score (nSPS) is 13.8. The lowest BCUT2D eigenvalue weighted by Gasteiger charge is -2.25. The molecule has 8 heteroatoms. The van der Waals surface area contributed by atoms with Gasteiger partial charge >= 0.3 is 6.18 Å². The average molecular weight is 338 g/mol. The topological polar surface area (TPSA) is 41.1 Å². The zero-order valence-electron chi connectivity index (χ0n) is 12.7. The quantitative estimate of drug-likeness (QED) is 0.851. The van der Waals surface area contributed by atoms with Crippen molar-refractivity contribution in [2.24, 2.45) is 0 Å². The van der Waals surface area contributed by atoms with E-state index < -0.39 is 17.6 Å². The minimum absolute atomic E-state index is 0.0677. The summed E-state index contributed by atoms with van der Waals surface area (Å²) < 4.78 is 51.7. The Morgan fingerprint density at radius 2 is 2.08 bits per heavy atom. The SMILES string of the molecule is CCN1CC=Cc2cnc(Nc3ccc(F)c(C(F)(F)F)c3)nc21. The van der Waals surface area contributed by atoms with E-state index >= 15 is 0 Å². The Bertz CT molecular complexity index is 786. The molecule has 1 N–H and O–H groups in total. The number of nitrogens with zero attached hydrogens (tertiary/aromatic N) is 3. The van der Waals surface area contributed by atoms with Crippen LogP contribution in [0, 0.1) is 5.82 Å². The van der Waals surface area contributed by atoms with Gasteiger partial charge in [-0.1, -0.05) is 12.2 Å². The van der Waals surface area contributed by atoms with Gasteiger partial charge < -0.3 is 10.2 Å². The zero-order valence-corrected chi connectivity index (χ0v) is 12.7. The third-order valence-corrected chi connectivity index (χ3v) is 3.63. The number of likely N-dealkylation sites (N-methyl/N-ethyl adjacent to an activating group) is 1. The molecular weight excluding hydrogens is 324 g/mol. The smallest absolute Gasteiger partial charge is 0.353 e. The molecule has 2 aromatic rings. The highest BCUT2D eigenvalue weighted by atomic mass is 19.4. The number of hydrogen-bond donors (Lipinski definition) is 1. The van der Waals surface area contributed by atoms with E-state index in [0.29, 0.717) is 18.4 Å². The summed E-state index contributed by atoms with van der Waals surface area (Å²) in [6, 6.07) is 2.69. The standard InChI is InChI=1S/C16H14F4N4/c1-2-24-7-3-4-10-9-21-15(23-14(10)24)22-11-5-6-13(17)12(8-11)16(18,19)20/h3-6,8-9H,2,7H2,1H3,(H,21,22,23). The first-order valence-corrected chi connectivity index (χ1v) is 7.31. The lowest BCUT2D eigenvalue weighted by Crippen LogP contribution is -2.27. The van der Waals surface area contributed by atoms with Crippen molar-refractivity contribution in [2.45, 2.75) is 13.1 Å². The molecule has 0 unspecified atom stereocenters. The second kappa shape index (κ2) is 6.10. The van der Waals surface area contributed by atoms with Crippen LogP contribution in [-0.4, -0.2) is 23.1 Å². The summed E-state index contributed by atoms with van der Waals surface area (Å²) in [7, 11) is 0. The monoisotopic (exact) mass is 338 g/mol. The Balaban J connectivity index is 1.91. The highest BCUT2D eigenvalue weighted by Gasteiger charge is 2.34. The summed E-state index contributed by atoms with van der Waals surface area (Å²) in [5, 5.41) is 2.70. The van der Waals surface area contributed by atoms with Gasteiger partial charge in [0.25, 0.3) is 0 Å². The van der Waals surface area contributed by atoms with Gasteiger partial charge in [-0.2, -0.15) is 18.2 Å². The molecule has 1 aliphatic heterocycles. The molecule has 4 nitrogen and oxygen atoms in total. The summed E-state index contributed by atoms with van der Waals surface area (Å²) in [6.07, 6.45) is 0.711. The third-order valence-electron chi connectivity index (χ3n) is 3.63. The van der Waals surface area contributed by atoms with Crippen LogP contribution < -0.4 is 10.2 Å². The van der Waals surface area contributed by atoms with Crippen LogP contribution in [0.5, 0.6) is 0 Å². The number of benzene rings is 1. The molecule has 0 saturated heterocycles. The molecule has 1 aliphatic rings. The van der Waals surface area contributed by atoms with Crippen molar-refractivity contribution < 1.29 is 17.6 Å². The summed E-state index contributed by atoms with van der Waals surface area (Å²) in [5.74, 6) is -0.459. The van der Waals surface area contributed by atoms with Crippen LogP contribution in [0.2, 0.25) is 0 Å². The van der Waals surface area contributed by atoms with Crippen LogP contribution in [-0.2, 0) is 6.18 Å². The minimum Gasteiger partial charge on any atom is -0.353 e. The Morgan fingerprint density at radius 1 is 1.29 bits per heavy atom. The number of alkyl halides is 3. The summed E-state index contributed by atoms with van der Waals surface area (Å²) in [4.78, 5) is 10.5.